The molecule has 0 bridgehead atoms. The fourth-order valence-electron chi connectivity index (χ4n) is 2.09. The lowest BCUT2D eigenvalue weighted by Crippen LogP contribution is -2.35. The molecule has 6 heteroatoms. The van der Waals surface area contributed by atoms with Gasteiger partial charge >= 0.3 is 0 Å². The van der Waals surface area contributed by atoms with Crippen molar-refractivity contribution < 1.29 is 4.79 Å². The number of fused-ring (bicyclic) bond motifs is 1. The molecule has 0 fully saturated rings. The second-order valence-electron chi connectivity index (χ2n) is 4.63. The molecule has 1 amide bonds. The first-order chi connectivity index (χ1) is 9.58. The fourth-order valence-corrected chi connectivity index (χ4v) is 2.09. The lowest BCUT2D eigenvalue weighted by molar-refractivity contribution is -0.121. The summed E-state index contributed by atoms with van der Waals surface area (Å²) >= 11 is 0. The molecule has 1 unspecified atom stereocenters. The van der Waals surface area contributed by atoms with Gasteiger partial charge in [0.2, 0.25) is 5.91 Å². The van der Waals surface area contributed by atoms with E-state index in [-0.39, 0.29) is 11.9 Å². The van der Waals surface area contributed by atoms with E-state index in [1.807, 2.05) is 24.4 Å². The molecule has 0 aliphatic rings. The quantitative estimate of drug-likeness (QED) is 0.470. The molecular weight excluding hydrogens is 254 g/mol. The van der Waals surface area contributed by atoms with Gasteiger partial charge in [-0.05, 0) is 25.0 Å². The second-order valence-corrected chi connectivity index (χ2v) is 4.63. The number of guanidine groups is 1. The maximum atomic E-state index is 11.7. The van der Waals surface area contributed by atoms with Gasteiger partial charge in [-0.3, -0.25) is 4.79 Å². The van der Waals surface area contributed by atoms with Gasteiger partial charge in [0, 0.05) is 23.6 Å². The summed E-state index contributed by atoms with van der Waals surface area (Å²) < 4.78 is 0. The largest absolute Gasteiger partial charge is 0.370 e. The van der Waals surface area contributed by atoms with Crippen LogP contribution < -0.4 is 16.8 Å². The van der Waals surface area contributed by atoms with E-state index < -0.39 is 6.04 Å². The Hall–Kier alpha value is -2.50. The highest BCUT2D eigenvalue weighted by Crippen LogP contribution is 2.17. The normalized spacial score (nSPS) is 12.1. The Bertz CT molecular complexity index is 627. The van der Waals surface area contributed by atoms with Gasteiger partial charge in [-0.1, -0.05) is 18.2 Å². The summed E-state index contributed by atoms with van der Waals surface area (Å²) in [6.07, 6.45) is 2.72. The standard InChI is InChI=1S/C14H19N5O/c1-9(19-14(15)16)13(20)17-7-6-10-8-18-12-5-3-2-4-11(10)12/h2-5,8-9,18H,6-7H2,1H3,(H,17,20)(H4,15,16,19). The zero-order chi connectivity index (χ0) is 14.5. The van der Waals surface area contributed by atoms with Crippen LogP contribution in [0.1, 0.15) is 12.5 Å². The third kappa shape index (κ3) is 3.28. The van der Waals surface area contributed by atoms with Crippen molar-refractivity contribution >= 4 is 22.8 Å². The molecule has 2 aromatic rings. The number of nitrogens with two attached hydrogens (primary N) is 2. The Balaban J connectivity index is 1.90. The lowest BCUT2D eigenvalue weighted by Gasteiger charge is -2.08. The van der Waals surface area contributed by atoms with Crippen molar-refractivity contribution in [3.8, 4) is 0 Å². The zero-order valence-corrected chi connectivity index (χ0v) is 11.4. The maximum Gasteiger partial charge on any atom is 0.244 e. The van der Waals surface area contributed by atoms with Gasteiger partial charge < -0.3 is 21.8 Å². The summed E-state index contributed by atoms with van der Waals surface area (Å²) in [7, 11) is 0. The van der Waals surface area contributed by atoms with E-state index in [9.17, 15) is 4.79 Å². The number of carbonyl (C=O) groups is 1. The number of rotatable bonds is 5. The van der Waals surface area contributed by atoms with Gasteiger partial charge in [-0.2, -0.15) is 0 Å². The minimum absolute atomic E-state index is 0.0794. The van der Waals surface area contributed by atoms with Gasteiger partial charge in [0.1, 0.15) is 6.04 Å². The molecule has 1 aromatic heterocycles. The summed E-state index contributed by atoms with van der Waals surface area (Å²) in [4.78, 5) is 18.7. The molecular formula is C14H19N5O. The minimum Gasteiger partial charge on any atom is -0.370 e. The SMILES string of the molecule is CC(N=C(N)N)C(=O)NCCc1c[nH]c2ccccc12. The van der Waals surface area contributed by atoms with Crippen molar-refractivity contribution in [3.05, 3.63) is 36.0 Å². The maximum absolute atomic E-state index is 11.7. The topological polar surface area (TPSA) is 109 Å². The molecule has 1 heterocycles. The van der Waals surface area contributed by atoms with Crippen LogP contribution in [0.4, 0.5) is 0 Å². The Kier molecular flexibility index (Phi) is 4.24. The zero-order valence-electron chi connectivity index (χ0n) is 11.4. The van der Waals surface area contributed by atoms with Crippen LogP contribution in [0, 0.1) is 0 Å². The van der Waals surface area contributed by atoms with Crippen molar-refractivity contribution in [1.29, 1.82) is 0 Å². The average Bonchev–Trinajstić information content (AvgIpc) is 2.81. The first-order valence-electron chi connectivity index (χ1n) is 6.49. The highest BCUT2D eigenvalue weighted by Gasteiger charge is 2.11. The van der Waals surface area contributed by atoms with Crippen LogP contribution in [0.2, 0.25) is 0 Å². The smallest absolute Gasteiger partial charge is 0.244 e. The van der Waals surface area contributed by atoms with Crippen molar-refractivity contribution in [2.24, 2.45) is 16.5 Å². The van der Waals surface area contributed by atoms with Crippen LogP contribution >= 0.6 is 0 Å². The number of para-hydroxylation sites is 1. The van der Waals surface area contributed by atoms with Crippen LogP contribution in [0.5, 0.6) is 0 Å². The van der Waals surface area contributed by atoms with Crippen LogP contribution in [0.3, 0.4) is 0 Å². The van der Waals surface area contributed by atoms with E-state index in [1.165, 1.54) is 10.9 Å². The highest BCUT2D eigenvalue weighted by atomic mass is 16.2. The van der Waals surface area contributed by atoms with E-state index in [0.29, 0.717) is 6.54 Å². The highest BCUT2D eigenvalue weighted by molar-refractivity contribution is 5.86. The molecule has 2 rings (SSSR count). The van der Waals surface area contributed by atoms with Gasteiger partial charge in [0.25, 0.3) is 0 Å². The second kappa shape index (κ2) is 6.10. The van der Waals surface area contributed by atoms with Gasteiger partial charge in [-0.15, -0.1) is 0 Å². The third-order valence-corrected chi connectivity index (χ3v) is 3.09. The molecule has 0 radical (unpaired) electrons. The monoisotopic (exact) mass is 273 g/mol. The molecule has 6 N–H and O–H groups in total. The average molecular weight is 273 g/mol. The van der Waals surface area contributed by atoms with Crippen molar-refractivity contribution in [2.75, 3.05) is 6.54 Å². The van der Waals surface area contributed by atoms with E-state index >= 15 is 0 Å². The molecule has 0 saturated heterocycles. The number of benzene rings is 1. The first kappa shape index (κ1) is 13.9. The number of aromatic nitrogens is 1. The molecule has 106 valence electrons. The Morgan fingerprint density at radius 2 is 2.15 bits per heavy atom. The van der Waals surface area contributed by atoms with E-state index in [0.717, 1.165) is 11.9 Å². The number of nitrogens with one attached hydrogen (secondary N) is 2. The summed E-state index contributed by atoms with van der Waals surface area (Å²) in [6, 6.07) is 7.51. The predicted octanol–water partition coefficient (Wildman–Crippen LogP) is 0.489. The molecule has 6 nitrogen and oxygen atoms in total. The molecule has 0 aliphatic heterocycles. The van der Waals surface area contributed by atoms with E-state index in [4.69, 9.17) is 11.5 Å². The molecule has 0 spiro atoms. The van der Waals surface area contributed by atoms with Crippen molar-refractivity contribution in [3.63, 3.8) is 0 Å². The minimum atomic E-state index is -0.567. The third-order valence-electron chi connectivity index (χ3n) is 3.09. The van der Waals surface area contributed by atoms with Crippen molar-refractivity contribution in [1.82, 2.24) is 10.3 Å². The Morgan fingerprint density at radius 1 is 1.40 bits per heavy atom. The number of hydrogen-bond acceptors (Lipinski definition) is 2. The molecule has 0 saturated carbocycles. The van der Waals surface area contributed by atoms with Crippen LogP contribution in [0.15, 0.2) is 35.5 Å². The number of carbonyl (C=O) groups excluding carboxylic acids is 1. The Morgan fingerprint density at radius 3 is 2.90 bits per heavy atom. The van der Waals surface area contributed by atoms with Gasteiger partial charge in [0.05, 0.1) is 0 Å². The summed E-state index contributed by atoms with van der Waals surface area (Å²) in [5, 5.41) is 4.00. The predicted molar refractivity (Wildman–Crippen MR) is 80.3 cm³/mol. The van der Waals surface area contributed by atoms with Crippen LogP contribution in [-0.4, -0.2) is 29.4 Å². The fraction of sp³-hybridized carbons (Fsp3) is 0.286. The van der Waals surface area contributed by atoms with E-state index in [2.05, 4.69) is 21.4 Å². The number of nitrogens with zero attached hydrogens (tertiary/aromatic N) is 1. The number of H-pyrrole nitrogens is 1. The van der Waals surface area contributed by atoms with Crippen LogP contribution in [0.25, 0.3) is 10.9 Å². The number of hydrogen-bond donors (Lipinski definition) is 4. The molecule has 1 aromatic carbocycles. The molecule has 20 heavy (non-hydrogen) atoms. The van der Waals surface area contributed by atoms with Crippen LogP contribution in [-0.2, 0) is 11.2 Å². The molecule has 0 aliphatic carbocycles. The summed E-state index contributed by atoms with van der Waals surface area (Å²) in [5.41, 5.74) is 12.8. The number of aliphatic imine (C=N–C) groups is 1. The van der Waals surface area contributed by atoms with Crippen molar-refractivity contribution in [2.45, 2.75) is 19.4 Å². The Labute approximate surface area is 117 Å². The van der Waals surface area contributed by atoms with Gasteiger partial charge in [0.15, 0.2) is 5.96 Å². The van der Waals surface area contributed by atoms with Gasteiger partial charge in [-0.25, -0.2) is 4.99 Å². The summed E-state index contributed by atoms with van der Waals surface area (Å²) in [5.74, 6) is -0.262. The van der Waals surface area contributed by atoms with E-state index in [1.54, 1.807) is 6.92 Å². The first-order valence-corrected chi connectivity index (χ1v) is 6.49. The lowest BCUT2D eigenvalue weighted by atomic mass is 10.1. The number of aromatic amines is 1. The summed E-state index contributed by atoms with van der Waals surface area (Å²) in [6.45, 7) is 2.20. The molecule has 1 atom stereocenters. The number of amides is 1.